The highest BCUT2D eigenvalue weighted by Gasteiger charge is 2.12. The van der Waals surface area contributed by atoms with Gasteiger partial charge < -0.3 is 0 Å². The van der Waals surface area contributed by atoms with Gasteiger partial charge in [0.05, 0.1) is 0 Å². The maximum absolute atomic E-state index is 11.7. The molecule has 2 heteroatoms. The summed E-state index contributed by atoms with van der Waals surface area (Å²) >= 11 is 0. The van der Waals surface area contributed by atoms with Crippen LogP contribution in [-0.2, 0) is 4.57 Å². The predicted molar refractivity (Wildman–Crippen MR) is 93.3 cm³/mol. The highest BCUT2D eigenvalue weighted by molar-refractivity contribution is 7.44. The van der Waals surface area contributed by atoms with Gasteiger partial charge in [0.1, 0.15) is 12.3 Å². The third-order valence-electron chi connectivity index (χ3n) is 4.02. The predicted octanol–water partition coefficient (Wildman–Crippen LogP) is 7.32. The molecule has 0 saturated heterocycles. The first kappa shape index (κ1) is 20.1. The second-order valence-corrected chi connectivity index (χ2v) is 8.03. The van der Waals surface area contributed by atoms with Crippen molar-refractivity contribution < 1.29 is 4.57 Å². The fourth-order valence-corrected chi connectivity index (χ4v) is 3.98. The molecule has 1 atom stereocenters. The van der Waals surface area contributed by atoms with E-state index < -0.39 is 7.80 Å². The van der Waals surface area contributed by atoms with E-state index >= 15 is 0 Å². The van der Waals surface area contributed by atoms with Gasteiger partial charge in [-0.05, 0) is 25.7 Å². The second kappa shape index (κ2) is 17.2. The van der Waals surface area contributed by atoms with Crippen LogP contribution >= 0.6 is 7.80 Å². The zero-order valence-electron chi connectivity index (χ0n) is 14.2. The van der Waals surface area contributed by atoms with Crippen molar-refractivity contribution in [2.75, 3.05) is 12.3 Å². The standard InChI is InChI=1S/C18H38OP/c1-3-5-7-8-9-10-11-12-13-14-16-18-20(19)17-15-6-4-2/h3-18H2,1-2H3/q+1. The molecule has 0 amide bonds. The van der Waals surface area contributed by atoms with E-state index in [1.807, 2.05) is 0 Å². The lowest BCUT2D eigenvalue weighted by Crippen LogP contribution is -1.86. The Bertz CT molecular complexity index is 204. The molecule has 0 N–H and O–H groups in total. The minimum absolute atomic E-state index is 0.878. The van der Waals surface area contributed by atoms with Crippen molar-refractivity contribution in [1.82, 2.24) is 0 Å². The minimum Gasteiger partial charge on any atom is -0.0748 e. The average Bonchev–Trinajstić information content (AvgIpc) is 2.45. The Kier molecular flexibility index (Phi) is 17.2. The van der Waals surface area contributed by atoms with Crippen molar-refractivity contribution in [2.24, 2.45) is 0 Å². The van der Waals surface area contributed by atoms with Crippen LogP contribution in [0.25, 0.3) is 0 Å². The van der Waals surface area contributed by atoms with Crippen LogP contribution in [-0.4, -0.2) is 12.3 Å². The van der Waals surface area contributed by atoms with Crippen LogP contribution in [0.15, 0.2) is 0 Å². The Hall–Kier alpha value is 0.100. The highest BCUT2D eigenvalue weighted by atomic mass is 31.1. The van der Waals surface area contributed by atoms with Crippen LogP contribution in [0.4, 0.5) is 0 Å². The lowest BCUT2D eigenvalue weighted by atomic mass is 10.1. The van der Waals surface area contributed by atoms with Crippen molar-refractivity contribution in [1.29, 1.82) is 0 Å². The third kappa shape index (κ3) is 16.2. The molecule has 0 aromatic rings. The lowest BCUT2D eigenvalue weighted by molar-refractivity contribution is 0.552. The van der Waals surface area contributed by atoms with Crippen LogP contribution in [0.3, 0.4) is 0 Å². The van der Waals surface area contributed by atoms with Gasteiger partial charge in [0, 0.05) is 0 Å². The minimum atomic E-state index is -0.878. The van der Waals surface area contributed by atoms with E-state index in [4.69, 9.17) is 0 Å². The van der Waals surface area contributed by atoms with Crippen LogP contribution in [0.5, 0.6) is 0 Å². The molecule has 20 heavy (non-hydrogen) atoms. The summed E-state index contributed by atoms with van der Waals surface area (Å²) in [4.78, 5) is 0. The maximum atomic E-state index is 11.7. The van der Waals surface area contributed by atoms with Crippen molar-refractivity contribution in [3.8, 4) is 0 Å². The third-order valence-corrected chi connectivity index (χ3v) is 5.65. The molecular weight excluding hydrogens is 263 g/mol. The molecule has 1 unspecified atom stereocenters. The summed E-state index contributed by atoms with van der Waals surface area (Å²) in [5.74, 6) is 0. The molecule has 0 spiro atoms. The van der Waals surface area contributed by atoms with E-state index in [1.54, 1.807) is 0 Å². The van der Waals surface area contributed by atoms with Crippen LogP contribution in [0.2, 0.25) is 0 Å². The fraction of sp³-hybridized carbons (Fsp3) is 1.00. The van der Waals surface area contributed by atoms with Gasteiger partial charge in [0.25, 0.3) is 0 Å². The van der Waals surface area contributed by atoms with Crippen molar-refractivity contribution >= 4 is 7.80 Å². The molecule has 0 aliphatic carbocycles. The first-order valence-electron chi connectivity index (χ1n) is 9.23. The molecule has 0 rings (SSSR count). The maximum Gasteiger partial charge on any atom is 0.338 e. The van der Waals surface area contributed by atoms with E-state index in [1.165, 1.54) is 89.9 Å². The van der Waals surface area contributed by atoms with E-state index in [-0.39, 0.29) is 0 Å². The highest BCUT2D eigenvalue weighted by Crippen LogP contribution is 2.24. The molecule has 0 fully saturated rings. The molecule has 0 aromatic heterocycles. The van der Waals surface area contributed by atoms with Crippen LogP contribution in [0, 0.1) is 0 Å². The van der Waals surface area contributed by atoms with Gasteiger partial charge in [-0.3, -0.25) is 0 Å². The van der Waals surface area contributed by atoms with Gasteiger partial charge in [0.2, 0.25) is 0 Å². The van der Waals surface area contributed by atoms with Gasteiger partial charge >= 0.3 is 7.80 Å². The van der Waals surface area contributed by atoms with Gasteiger partial charge in [0.15, 0.2) is 0 Å². The van der Waals surface area contributed by atoms with Gasteiger partial charge in [-0.25, -0.2) is 0 Å². The molecule has 120 valence electrons. The number of unbranched alkanes of at least 4 members (excludes halogenated alkanes) is 12. The molecule has 0 aliphatic heterocycles. The van der Waals surface area contributed by atoms with Crippen LogP contribution < -0.4 is 0 Å². The first-order chi connectivity index (χ1) is 9.81. The summed E-state index contributed by atoms with van der Waals surface area (Å²) < 4.78 is 11.7. The molecule has 0 bridgehead atoms. The normalized spacial score (nSPS) is 11.8. The molecule has 1 nitrogen and oxygen atoms in total. The Labute approximate surface area is 129 Å². The summed E-state index contributed by atoms with van der Waals surface area (Å²) in [6.45, 7) is 4.48. The van der Waals surface area contributed by atoms with E-state index in [0.29, 0.717) is 0 Å². The molecule has 0 radical (unpaired) electrons. The summed E-state index contributed by atoms with van der Waals surface area (Å²) in [5, 5.41) is 0. The Morgan fingerprint density at radius 1 is 0.500 bits per heavy atom. The summed E-state index contributed by atoms with van der Waals surface area (Å²) in [7, 11) is -0.878. The first-order valence-corrected chi connectivity index (χ1v) is 10.9. The zero-order chi connectivity index (χ0) is 14.9. The monoisotopic (exact) mass is 301 g/mol. The molecule has 0 heterocycles. The summed E-state index contributed by atoms with van der Waals surface area (Å²) in [6, 6.07) is 0. The number of hydrogen-bond donors (Lipinski definition) is 0. The SMILES string of the molecule is CCCCCCCCCCCCC[P+](=O)CCCCC. The van der Waals surface area contributed by atoms with Crippen molar-refractivity contribution in [3.63, 3.8) is 0 Å². The number of hydrogen-bond acceptors (Lipinski definition) is 1. The average molecular weight is 301 g/mol. The van der Waals surface area contributed by atoms with E-state index in [2.05, 4.69) is 13.8 Å². The smallest absolute Gasteiger partial charge is 0.0748 e. The summed E-state index contributed by atoms with van der Waals surface area (Å²) in [6.07, 6.45) is 20.7. The lowest BCUT2D eigenvalue weighted by Gasteiger charge is -2.01. The van der Waals surface area contributed by atoms with Gasteiger partial charge in [-0.2, -0.15) is 0 Å². The second-order valence-electron chi connectivity index (χ2n) is 6.17. The number of rotatable bonds is 16. The Morgan fingerprint density at radius 2 is 0.800 bits per heavy atom. The fourth-order valence-electron chi connectivity index (χ4n) is 2.60. The Morgan fingerprint density at radius 3 is 1.25 bits per heavy atom. The van der Waals surface area contributed by atoms with Crippen molar-refractivity contribution in [3.05, 3.63) is 0 Å². The van der Waals surface area contributed by atoms with Gasteiger partial charge in [-0.1, -0.05) is 82.6 Å². The zero-order valence-corrected chi connectivity index (χ0v) is 15.1. The molecule has 0 aromatic carbocycles. The van der Waals surface area contributed by atoms with Gasteiger partial charge in [-0.15, -0.1) is 0 Å². The van der Waals surface area contributed by atoms with Crippen LogP contribution in [0.1, 0.15) is 104 Å². The molecular formula is C18H38OP+. The van der Waals surface area contributed by atoms with E-state index in [9.17, 15) is 4.57 Å². The quantitative estimate of drug-likeness (QED) is 0.216. The Balaban J connectivity index is 3.07. The molecule has 0 saturated carbocycles. The topological polar surface area (TPSA) is 17.1 Å². The van der Waals surface area contributed by atoms with Crippen molar-refractivity contribution in [2.45, 2.75) is 104 Å². The van der Waals surface area contributed by atoms with E-state index in [0.717, 1.165) is 12.3 Å². The largest absolute Gasteiger partial charge is 0.338 e. The summed E-state index contributed by atoms with van der Waals surface area (Å²) in [5.41, 5.74) is 0. The molecule has 0 aliphatic rings.